The fourth-order valence-corrected chi connectivity index (χ4v) is 3.14. The fraction of sp³-hybridized carbons (Fsp3) is 0.188. The zero-order chi connectivity index (χ0) is 17.0. The van der Waals surface area contributed by atoms with Crippen molar-refractivity contribution in [2.75, 3.05) is 11.1 Å². The van der Waals surface area contributed by atoms with Gasteiger partial charge in [0.1, 0.15) is 0 Å². The van der Waals surface area contributed by atoms with Crippen molar-refractivity contribution in [2.24, 2.45) is 0 Å². The second-order valence-corrected chi connectivity index (χ2v) is 7.14. The van der Waals surface area contributed by atoms with Crippen molar-refractivity contribution in [3.8, 4) is 0 Å². The molecule has 0 unspecified atom stereocenters. The van der Waals surface area contributed by atoms with Gasteiger partial charge in [0.2, 0.25) is 5.91 Å². The maximum Gasteiger partial charge on any atom is 0.225 e. The average molecular weight is 339 g/mol. The van der Waals surface area contributed by atoms with Crippen LogP contribution in [-0.4, -0.2) is 20.1 Å². The Kier molecular flexibility index (Phi) is 5.10. The zero-order valence-electron chi connectivity index (χ0n) is 12.3. The van der Waals surface area contributed by atoms with E-state index in [9.17, 15) is 22.0 Å². The summed E-state index contributed by atoms with van der Waals surface area (Å²) in [7, 11) is -3.61. The molecule has 0 aromatic heterocycles. The third kappa shape index (κ3) is 4.35. The van der Waals surface area contributed by atoms with Gasteiger partial charge in [0.15, 0.2) is 21.5 Å². The molecule has 1 N–H and O–H groups in total. The van der Waals surface area contributed by atoms with Gasteiger partial charge in [0.25, 0.3) is 0 Å². The number of anilines is 1. The highest BCUT2D eigenvalue weighted by atomic mass is 32.2. The standard InChI is InChI=1S/C16H15F2NO3S/c1-11-5-7-12(8-6-11)23(21,22)10-9-15(20)19-14-4-2-3-13(17)16(14)18/h2-8H,9-10H2,1H3,(H,19,20). The van der Waals surface area contributed by atoms with E-state index in [2.05, 4.69) is 5.32 Å². The molecule has 122 valence electrons. The predicted molar refractivity (Wildman–Crippen MR) is 82.8 cm³/mol. The number of amides is 1. The summed E-state index contributed by atoms with van der Waals surface area (Å²) in [5, 5.41) is 2.17. The van der Waals surface area contributed by atoms with E-state index in [-0.39, 0.29) is 17.0 Å². The topological polar surface area (TPSA) is 63.2 Å². The van der Waals surface area contributed by atoms with E-state index in [1.165, 1.54) is 24.3 Å². The molecule has 0 heterocycles. The highest BCUT2D eigenvalue weighted by molar-refractivity contribution is 7.91. The first-order valence-electron chi connectivity index (χ1n) is 6.83. The lowest BCUT2D eigenvalue weighted by molar-refractivity contribution is -0.115. The van der Waals surface area contributed by atoms with Crippen LogP contribution >= 0.6 is 0 Å². The molecule has 0 aliphatic rings. The van der Waals surface area contributed by atoms with Gasteiger partial charge in [0, 0.05) is 6.42 Å². The van der Waals surface area contributed by atoms with Gasteiger partial charge in [-0.05, 0) is 31.2 Å². The Morgan fingerprint density at radius 1 is 1.09 bits per heavy atom. The second kappa shape index (κ2) is 6.87. The maximum atomic E-state index is 13.4. The van der Waals surface area contributed by atoms with Gasteiger partial charge in [-0.2, -0.15) is 0 Å². The third-order valence-electron chi connectivity index (χ3n) is 3.20. The van der Waals surface area contributed by atoms with Crippen LogP contribution in [0.1, 0.15) is 12.0 Å². The summed E-state index contributed by atoms with van der Waals surface area (Å²) in [5.74, 6) is -3.39. The molecule has 7 heteroatoms. The number of sulfone groups is 1. The number of nitrogens with one attached hydrogen (secondary N) is 1. The van der Waals surface area contributed by atoms with Crippen LogP contribution in [0.25, 0.3) is 0 Å². The van der Waals surface area contributed by atoms with Crippen molar-refractivity contribution < 1.29 is 22.0 Å². The van der Waals surface area contributed by atoms with Crippen LogP contribution < -0.4 is 5.32 Å². The Balaban J connectivity index is 2.01. The number of rotatable bonds is 5. The number of benzene rings is 2. The number of aryl methyl sites for hydroxylation is 1. The minimum absolute atomic E-state index is 0.118. The van der Waals surface area contributed by atoms with E-state index in [4.69, 9.17) is 0 Å². The van der Waals surface area contributed by atoms with Gasteiger partial charge < -0.3 is 5.32 Å². The minimum Gasteiger partial charge on any atom is -0.323 e. The van der Waals surface area contributed by atoms with Crippen molar-refractivity contribution in [1.29, 1.82) is 0 Å². The van der Waals surface area contributed by atoms with Crippen LogP contribution in [-0.2, 0) is 14.6 Å². The molecule has 4 nitrogen and oxygen atoms in total. The molecule has 2 rings (SSSR count). The highest BCUT2D eigenvalue weighted by Crippen LogP contribution is 2.17. The van der Waals surface area contributed by atoms with E-state index in [0.29, 0.717) is 0 Å². The first-order valence-corrected chi connectivity index (χ1v) is 8.48. The van der Waals surface area contributed by atoms with E-state index in [0.717, 1.165) is 11.6 Å². The predicted octanol–water partition coefficient (Wildman–Crippen LogP) is 3.08. The Bertz CT molecular complexity index is 818. The monoisotopic (exact) mass is 339 g/mol. The molecule has 2 aromatic carbocycles. The lowest BCUT2D eigenvalue weighted by Crippen LogP contribution is -2.18. The zero-order valence-corrected chi connectivity index (χ0v) is 13.2. The molecule has 0 spiro atoms. The van der Waals surface area contributed by atoms with E-state index in [1.807, 2.05) is 6.92 Å². The molecular formula is C16H15F2NO3S. The Morgan fingerprint density at radius 2 is 1.74 bits per heavy atom. The molecular weight excluding hydrogens is 324 g/mol. The van der Waals surface area contributed by atoms with Crippen LogP contribution in [0.3, 0.4) is 0 Å². The lowest BCUT2D eigenvalue weighted by Gasteiger charge is -2.08. The van der Waals surface area contributed by atoms with Gasteiger partial charge in [-0.15, -0.1) is 0 Å². The molecule has 0 aliphatic heterocycles. The molecule has 0 saturated carbocycles. The molecule has 0 radical (unpaired) electrons. The first kappa shape index (κ1) is 17.1. The summed E-state index contributed by atoms with van der Waals surface area (Å²) >= 11 is 0. The summed E-state index contributed by atoms with van der Waals surface area (Å²) in [4.78, 5) is 11.9. The Hall–Kier alpha value is -2.28. The third-order valence-corrected chi connectivity index (χ3v) is 4.94. The van der Waals surface area contributed by atoms with Gasteiger partial charge in [0.05, 0.1) is 16.3 Å². The molecule has 0 fully saturated rings. The van der Waals surface area contributed by atoms with Crippen molar-refractivity contribution in [1.82, 2.24) is 0 Å². The quantitative estimate of drug-likeness (QED) is 0.910. The fourth-order valence-electron chi connectivity index (χ4n) is 1.90. The largest absolute Gasteiger partial charge is 0.323 e. The number of carbonyl (C=O) groups excluding carboxylic acids is 1. The van der Waals surface area contributed by atoms with Crippen LogP contribution in [0, 0.1) is 18.6 Å². The van der Waals surface area contributed by atoms with Crippen LogP contribution in [0.4, 0.5) is 14.5 Å². The van der Waals surface area contributed by atoms with Gasteiger partial charge in [-0.1, -0.05) is 23.8 Å². The Morgan fingerprint density at radius 3 is 2.39 bits per heavy atom. The van der Waals surface area contributed by atoms with E-state index in [1.54, 1.807) is 12.1 Å². The Labute approximate surface area is 133 Å². The highest BCUT2D eigenvalue weighted by Gasteiger charge is 2.17. The number of carbonyl (C=O) groups is 1. The number of halogens is 2. The summed E-state index contributed by atoms with van der Waals surface area (Å²) in [5.41, 5.74) is 0.603. The van der Waals surface area contributed by atoms with Crippen LogP contribution in [0.15, 0.2) is 47.4 Å². The average Bonchev–Trinajstić information content (AvgIpc) is 2.50. The van der Waals surface area contributed by atoms with Crippen molar-refractivity contribution >= 4 is 21.4 Å². The SMILES string of the molecule is Cc1ccc(S(=O)(=O)CCC(=O)Nc2cccc(F)c2F)cc1. The molecule has 0 bridgehead atoms. The van der Waals surface area contributed by atoms with Gasteiger partial charge >= 0.3 is 0 Å². The van der Waals surface area contributed by atoms with Crippen molar-refractivity contribution in [3.63, 3.8) is 0 Å². The van der Waals surface area contributed by atoms with E-state index < -0.39 is 33.1 Å². The first-order chi connectivity index (χ1) is 10.8. The molecule has 0 atom stereocenters. The smallest absolute Gasteiger partial charge is 0.225 e. The molecule has 1 amide bonds. The summed E-state index contributed by atoms with van der Waals surface area (Å²) in [6.07, 6.45) is -0.355. The summed E-state index contributed by atoms with van der Waals surface area (Å²) < 4.78 is 50.7. The normalized spacial score (nSPS) is 11.3. The summed E-state index contributed by atoms with van der Waals surface area (Å²) in [6.45, 7) is 1.83. The maximum absolute atomic E-state index is 13.4. The second-order valence-electron chi connectivity index (χ2n) is 5.03. The minimum atomic E-state index is -3.61. The number of hydrogen-bond acceptors (Lipinski definition) is 3. The van der Waals surface area contributed by atoms with Crippen LogP contribution in [0.5, 0.6) is 0 Å². The molecule has 0 saturated heterocycles. The number of hydrogen-bond donors (Lipinski definition) is 1. The molecule has 23 heavy (non-hydrogen) atoms. The van der Waals surface area contributed by atoms with Crippen molar-refractivity contribution in [3.05, 3.63) is 59.7 Å². The van der Waals surface area contributed by atoms with Gasteiger partial charge in [-0.25, -0.2) is 17.2 Å². The van der Waals surface area contributed by atoms with Gasteiger partial charge in [-0.3, -0.25) is 4.79 Å². The molecule has 2 aromatic rings. The molecule has 0 aliphatic carbocycles. The summed E-state index contributed by atoms with van der Waals surface area (Å²) in [6, 6.07) is 9.63. The lowest BCUT2D eigenvalue weighted by atomic mass is 10.2. The van der Waals surface area contributed by atoms with Crippen LogP contribution in [0.2, 0.25) is 0 Å². The van der Waals surface area contributed by atoms with E-state index >= 15 is 0 Å². The van der Waals surface area contributed by atoms with Crippen molar-refractivity contribution in [2.45, 2.75) is 18.2 Å².